The number of aryl methyl sites for hydroxylation is 1. The van der Waals surface area contributed by atoms with Crippen LogP contribution in [0.1, 0.15) is 21.7 Å². The molecular weight excluding hydrogens is 406 g/mol. The average Bonchev–Trinajstić information content (AvgIpc) is 3.30. The van der Waals surface area contributed by atoms with Crippen LogP contribution in [0, 0.1) is 6.92 Å². The highest BCUT2D eigenvalue weighted by Gasteiger charge is 2.20. The molecule has 1 fully saturated rings. The van der Waals surface area contributed by atoms with E-state index < -0.39 is 0 Å². The molecule has 1 aliphatic heterocycles. The van der Waals surface area contributed by atoms with Crippen molar-refractivity contribution in [1.29, 1.82) is 0 Å². The Bertz CT molecular complexity index is 1370. The Hall–Kier alpha value is -3.72. The molecule has 0 aliphatic carbocycles. The van der Waals surface area contributed by atoms with Gasteiger partial charge in [0.05, 0.1) is 28.6 Å². The Morgan fingerprint density at radius 3 is 2.69 bits per heavy atom. The smallest absolute Gasteiger partial charge is 0.347 e. The van der Waals surface area contributed by atoms with Crippen molar-refractivity contribution >= 4 is 28.0 Å². The number of benzene rings is 1. The first kappa shape index (κ1) is 20.2. The van der Waals surface area contributed by atoms with E-state index in [1.54, 1.807) is 19.3 Å². The van der Waals surface area contributed by atoms with E-state index in [1.807, 2.05) is 19.1 Å². The number of anilines is 1. The van der Waals surface area contributed by atoms with Crippen molar-refractivity contribution in [2.75, 3.05) is 38.1 Å². The van der Waals surface area contributed by atoms with Crippen molar-refractivity contribution in [2.24, 2.45) is 0 Å². The molecule has 3 aromatic heterocycles. The second-order valence-corrected chi connectivity index (χ2v) is 8.08. The molecule has 164 valence electrons. The van der Waals surface area contributed by atoms with Gasteiger partial charge in [-0.2, -0.15) is 9.61 Å². The van der Waals surface area contributed by atoms with Gasteiger partial charge < -0.3 is 15.2 Å². The first-order valence-corrected chi connectivity index (χ1v) is 10.7. The molecule has 4 heterocycles. The molecule has 0 saturated carbocycles. The predicted molar refractivity (Wildman–Crippen MR) is 123 cm³/mol. The Balaban J connectivity index is 1.28. The van der Waals surface area contributed by atoms with Gasteiger partial charge in [0.15, 0.2) is 0 Å². The fraction of sp³-hybridized carbons (Fsp3) is 0.304. The van der Waals surface area contributed by atoms with E-state index >= 15 is 0 Å². The third-order valence-corrected chi connectivity index (χ3v) is 6.07. The molecule has 32 heavy (non-hydrogen) atoms. The lowest BCUT2D eigenvalue weighted by atomic mass is 10.1. The molecule has 5 rings (SSSR count). The summed E-state index contributed by atoms with van der Waals surface area (Å²) in [5.74, 6) is -0.171. The summed E-state index contributed by atoms with van der Waals surface area (Å²) < 4.78 is 1.39. The van der Waals surface area contributed by atoms with Gasteiger partial charge in [0.2, 0.25) is 0 Å². The third kappa shape index (κ3) is 3.60. The van der Waals surface area contributed by atoms with E-state index in [-0.39, 0.29) is 11.6 Å². The van der Waals surface area contributed by atoms with E-state index in [0.717, 1.165) is 60.5 Å². The van der Waals surface area contributed by atoms with E-state index in [1.165, 1.54) is 10.1 Å². The van der Waals surface area contributed by atoms with Crippen LogP contribution in [0.5, 0.6) is 0 Å². The minimum atomic E-state index is -0.227. The number of amides is 1. The summed E-state index contributed by atoms with van der Waals surface area (Å²) in [7, 11) is 1.61. The number of carbonyl (C=O) groups excluding carboxylic acids is 1. The number of aromatic nitrogens is 4. The maximum atomic E-state index is 12.2. The lowest BCUT2D eigenvalue weighted by molar-refractivity contribution is 0.0958. The topological polar surface area (TPSA) is 98.6 Å². The number of carbonyl (C=O) groups is 1. The molecule has 0 unspecified atom stereocenters. The number of nitrogens with one attached hydrogen (secondary N) is 2. The van der Waals surface area contributed by atoms with Gasteiger partial charge in [-0.1, -0.05) is 12.1 Å². The maximum absolute atomic E-state index is 12.2. The van der Waals surface area contributed by atoms with Gasteiger partial charge >= 0.3 is 5.69 Å². The summed E-state index contributed by atoms with van der Waals surface area (Å²) in [6.07, 6.45) is 1.64. The minimum absolute atomic E-state index is 0.171. The number of pyridine rings is 1. The van der Waals surface area contributed by atoms with Gasteiger partial charge in [-0.25, -0.2) is 9.78 Å². The Morgan fingerprint density at radius 2 is 1.94 bits per heavy atom. The number of hydrogen-bond acceptors (Lipinski definition) is 6. The second-order valence-electron chi connectivity index (χ2n) is 8.08. The Kier molecular flexibility index (Phi) is 5.10. The summed E-state index contributed by atoms with van der Waals surface area (Å²) >= 11 is 0. The monoisotopic (exact) mass is 431 g/mol. The first-order chi connectivity index (χ1) is 15.5. The molecule has 1 amide bonds. The van der Waals surface area contributed by atoms with Crippen LogP contribution < -0.4 is 15.9 Å². The molecule has 0 bridgehead atoms. The van der Waals surface area contributed by atoms with Gasteiger partial charge in [0, 0.05) is 45.2 Å². The van der Waals surface area contributed by atoms with Crippen molar-refractivity contribution in [2.45, 2.75) is 13.5 Å². The predicted octanol–water partition coefficient (Wildman–Crippen LogP) is 1.56. The van der Waals surface area contributed by atoms with E-state index in [0.29, 0.717) is 5.69 Å². The molecule has 2 N–H and O–H groups in total. The number of aromatic amines is 1. The van der Waals surface area contributed by atoms with Crippen LogP contribution in [0.3, 0.4) is 0 Å². The highest BCUT2D eigenvalue weighted by atomic mass is 16.2. The zero-order chi connectivity index (χ0) is 22.2. The van der Waals surface area contributed by atoms with Crippen molar-refractivity contribution in [3.8, 4) is 0 Å². The maximum Gasteiger partial charge on any atom is 0.347 e. The van der Waals surface area contributed by atoms with Crippen LogP contribution in [0.15, 0.2) is 47.4 Å². The van der Waals surface area contributed by atoms with Gasteiger partial charge in [-0.15, -0.1) is 0 Å². The molecule has 0 atom stereocenters. The number of hydrogen-bond donors (Lipinski definition) is 2. The van der Waals surface area contributed by atoms with E-state index in [9.17, 15) is 9.59 Å². The molecule has 0 radical (unpaired) electrons. The summed E-state index contributed by atoms with van der Waals surface area (Å²) in [4.78, 5) is 36.2. The molecule has 9 heteroatoms. The molecular formula is C23H25N7O2. The van der Waals surface area contributed by atoms with Gasteiger partial charge in [0.1, 0.15) is 5.69 Å². The quantitative estimate of drug-likeness (QED) is 0.509. The Morgan fingerprint density at radius 1 is 1.12 bits per heavy atom. The number of H-pyrrole nitrogens is 1. The molecule has 1 saturated heterocycles. The van der Waals surface area contributed by atoms with Crippen molar-refractivity contribution in [3.63, 3.8) is 0 Å². The molecule has 1 aliphatic rings. The average molecular weight is 432 g/mol. The fourth-order valence-electron chi connectivity index (χ4n) is 4.40. The van der Waals surface area contributed by atoms with E-state index in [4.69, 9.17) is 0 Å². The van der Waals surface area contributed by atoms with Crippen LogP contribution in [-0.4, -0.2) is 63.6 Å². The summed E-state index contributed by atoms with van der Waals surface area (Å²) in [6, 6.07) is 11.8. The first-order valence-electron chi connectivity index (χ1n) is 10.7. The number of fused-ring (bicyclic) bond motifs is 3. The van der Waals surface area contributed by atoms with Crippen molar-refractivity contribution in [1.82, 2.24) is 29.8 Å². The SMILES string of the molecule is CNC(=O)c1ccc(N2CCN(Cc3ccc4c(c3)[nH]c(=O)n3nccc43)CC2)c(C)n1. The molecule has 0 spiro atoms. The lowest BCUT2D eigenvalue weighted by Gasteiger charge is -2.36. The summed E-state index contributed by atoms with van der Waals surface area (Å²) in [5, 5.41) is 7.67. The van der Waals surface area contributed by atoms with Crippen LogP contribution >= 0.6 is 0 Å². The lowest BCUT2D eigenvalue weighted by Crippen LogP contribution is -2.46. The van der Waals surface area contributed by atoms with Gasteiger partial charge in [-0.3, -0.25) is 9.69 Å². The fourth-order valence-corrected chi connectivity index (χ4v) is 4.40. The highest BCUT2D eigenvalue weighted by molar-refractivity contribution is 5.93. The molecule has 4 aromatic rings. The number of piperazine rings is 1. The third-order valence-electron chi connectivity index (χ3n) is 6.07. The van der Waals surface area contributed by atoms with Crippen LogP contribution in [0.4, 0.5) is 5.69 Å². The van der Waals surface area contributed by atoms with Gasteiger partial charge in [0.25, 0.3) is 5.91 Å². The highest BCUT2D eigenvalue weighted by Crippen LogP contribution is 2.22. The van der Waals surface area contributed by atoms with Crippen LogP contribution in [0.2, 0.25) is 0 Å². The standard InChI is InChI=1S/C23H25N7O2/c1-15-20(6-5-18(26-15)22(31)24-2)29-11-9-28(10-12-29)14-16-3-4-17-19(13-16)27-23(32)30-21(17)7-8-25-30/h3-8,13H,9-12,14H2,1-2H3,(H,24,31)(H,27,32). The Labute approximate surface area is 184 Å². The summed E-state index contributed by atoms with van der Waals surface area (Å²) in [5.41, 5.74) is 4.96. The largest absolute Gasteiger partial charge is 0.368 e. The van der Waals surface area contributed by atoms with Crippen molar-refractivity contribution < 1.29 is 4.79 Å². The summed E-state index contributed by atoms with van der Waals surface area (Å²) in [6.45, 7) is 6.40. The van der Waals surface area contributed by atoms with Gasteiger partial charge in [-0.05, 0) is 36.8 Å². The zero-order valence-electron chi connectivity index (χ0n) is 18.1. The van der Waals surface area contributed by atoms with E-state index in [2.05, 4.69) is 48.4 Å². The molecule has 1 aromatic carbocycles. The van der Waals surface area contributed by atoms with Crippen LogP contribution in [0.25, 0.3) is 16.4 Å². The minimum Gasteiger partial charge on any atom is -0.368 e. The number of nitrogens with zero attached hydrogens (tertiary/aromatic N) is 5. The van der Waals surface area contributed by atoms with Crippen LogP contribution in [-0.2, 0) is 6.54 Å². The van der Waals surface area contributed by atoms with Crippen molar-refractivity contribution in [3.05, 3.63) is 70.0 Å². The molecule has 9 nitrogen and oxygen atoms in total. The number of rotatable bonds is 4. The normalized spacial score (nSPS) is 14.9. The second kappa shape index (κ2) is 8.08. The zero-order valence-corrected chi connectivity index (χ0v) is 18.1.